The van der Waals surface area contributed by atoms with E-state index in [0.29, 0.717) is 12.5 Å². The Morgan fingerprint density at radius 1 is 1.38 bits per heavy atom. The van der Waals surface area contributed by atoms with E-state index in [-0.39, 0.29) is 17.1 Å². The molecule has 1 aliphatic carbocycles. The number of ether oxygens (including phenoxy) is 1. The highest BCUT2D eigenvalue weighted by molar-refractivity contribution is 7.89. The molecule has 0 heterocycles. The largest absolute Gasteiger partial charge is 0.480 e. The third-order valence-corrected chi connectivity index (χ3v) is 5.02. The first kappa shape index (κ1) is 18.4. The molecule has 1 unspecified atom stereocenters. The second-order valence-electron chi connectivity index (χ2n) is 5.64. The van der Waals surface area contributed by atoms with E-state index >= 15 is 0 Å². The number of sulfonamides is 1. The van der Waals surface area contributed by atoms with Crippen molar-refractivity contribution in [2.75, 3.05) is 20.3 Å². The lowest BCUT2D eigenvalue weighted by Gasteiger charge is -2.14. The molecule has 24 heavy (non-hydrogen) atoms. The van der Waals surface area contributed by atoms with Crippen molar-refractivity contribution in [2.24, 2.45) is 5.92 Å². The highest BCUT2D eigenvalue weighted by Gasteiger charge is 2.25. The zero-order valence-electron chi connectivity index (χ0n) is 13.2. The van der Waals surface area contributed by atoms with Crippen molar-refractivity contribution in [2.45, 2.75) is 23.8 Å². The maximum absolute atomic E-state index is 12.2. The molecule has 3 N–H and O–H groups in total. The first-order valence-electron chi connectivity index (χ1n) is 7.46. The van der Waals surface area contributed by atoms with E-state index in [0.717, 1.165) is 12.8 Å². The molecule has 1 amide bonds. The molecule has 0 aliphatic heterocycles. The predicted molar refractivity (Wildman–Crippen MR) is 85.1 cm³/mol. The van der Waals surface area contributed by atoms with E-state index in [4.69, 9.17) is 9.84 Å². The number of methoxy groups -OCH3 is 1. The van der Waals surface area contributed by atoms with Gasteiger partial charge in [0, 0.05) is 19.2 Å². The summed E-state index contributed by atoms with van der Waals surface area (Å²) in [5.74, 6) is -1.53. The summed E-state index contributed by atoms with van der Waals surface area (Å²) in [6.07, 6.45) is 2.03. The van der Waals surface area contributed by atoms with Crippen LogP contribution in [0, 0.1) is 5.92 Å². The van der Waals surface area contributed by atoms with Crippen molar-refractivity contribution < 1.29 is 27.9 Å². The van der Waals surface area contributed by atoms with Crippen LogP contribution in [0.1, 0.15) is 23.2 Å². The van der Waals surface area contributed by atoms with Crippen LogP contribution < -0.4 is 10.0 Å². The zero-order chi connectivity index (χ0) is 17.7. The third kappa shape index (κ3) is 5.02. The van der Waals surface area contributed by atoms with E-state index < -0.39 is 27.9 Å². The van der Waals surface area contributed by atoms with Gasteiger partial charge in [-0.05, 0) is 37.0 Å². The van der Waals surface area contributed by atoms with Crippen LogP contribution in [0.3, 0.4) is 0 Å². The average Bonchev–Trinajstić information content (AvgIpc) is 3.37. The molecule has 0 aromatic heterocycles. The number of amides is 1. The Bertz CT molecular complexity index is 714. The van der Waals surface area contributed by atoms with Crippen LogP contribution in [0.15, 0.2) is 29.2 Å². The summed E-state index contributed by atoms with van der Waals surface area (Å²) in [4.78, 5) is 23.1. The molecule has 9 heteroatoms. The number of hydrogen-bond donors (Lipinski definition) is 3. The number of benzene rings is 1. The minimum atomic E-state index is -3.70. The fourth-order valence-corrected chi connectivity index (χ4v) is 3.18. The van der Waals surface area contributed by atoms with Crippen molar-refractivity contribution in [3.63, 3.8) is 0 Å². The van der Waals surface area contributed by atoms with Gasteiger partial charge in [0.2, 0.25) is 10.0 Å². The Morgan fingerprint density at radius 2 is 2.08 bits per heavy atom. The van der Waals surface area contributed by atoms with Crippen molar-refractivity contribution in [3.05, 3.63) is 29.8 Å². The topological polar surface area (TPSA) is 122 Å². The second-order valence-corrected chi connectivity index (χ2v) is 7.41. The first-order valence-corrected chi connectivity index (χ1v) is 8.94. The average molecular weight is 356 g/mol. The fourth-order valence-electron chi connectivity index (χ4n) is 2.02. The van der Waals surface area contributed by atoms with Crippen LogP contribution in [0.25, 0.3) is 0 Å². The van der Waals surface area contributed by atoms with Gasteiger partial charge in [-0.3, -0.25) is 4.79 Å². The zero-order valence-corrected chi connectivity index (χ0v) is 14.0. The minimum absolute atomic E-state index is 0.0329. The van der Waals surface area contributed by atoms with E-state index in [9.17, 15) is 18.0 Å². The van der Waals surface area contributed by atoms with Gasteiger partial charge in [-0.25, -0.2) is 17.9 Å². The highest BCUT2D eigenvalue weighted by atomic mass is 32.2. The van der Waals surface area contributed by atoms with Crippen molar-refractivity contribution in [1.29, 1.82) is 0 Å². The van der Waals surface area contributed by atoms with Crippen LogP contribution in [-0.4, -0.2) is 51.7 Å². The van der Waals surface area contributed by atoms with Gasteiger partial charge in [0.15, 0.2) is 6.04 Å². The van der Waals surface area contributed by atoms with Crippen LogP contribution in [0.2, 0.25) is 0 Å². The summed E-state index contributed by atoms with van der Waals surface area (Å²) in [6.45, 7) is 0.190. The molecule has 0 radical (unpaired) electrons. The molecule has 1 atom stereocenters. The van der Waals surface area contributed by atoms with Gasteiger partial charge >= 0.3 is 5.97 Å². The monoisotopic (exact) mass is 356 g/mol. The van der Waals surface area contributed by atoms with Crippen molar-refractivity contribution in [3.8, 4) is 0 Å². The predicted octanol–water partition coefficient (Wildman–Crippen LogP) is 0.204. The fraction of sp³-hybridized carbons (Fsp3) is 0.467. The molecule has 1 aromatic rings. The highest BCUT2D eigenvalue weighted by Crippen LogP contribution is 2.28. The second kappa shape index (κ2) is 7.73. The van der Waals surface area contributed by atoms with Gasteiger partial charge in [0.25, 0.3) is 5.91 Å². The lowest BCUT2D eigenvalue weighted by atomic mass is 10.2. The molecular weight excluding hydrogens is 336 g/mol. The molecular formula is C15H20N2O6S. The van der Waals surface area contributed by atoms with E-state index in [1.807, 2.05) is 0 Å². The lowest BCUT2D eigenvalue weighted by molar-refractivity contribution is -0.140. The maximum Gasteiger partial charge on any atom is 0.328 e. The third-order valence-electron chi connectivity index (χ3n) is 3.60. The Kier molecular flexibility index (Phi) is 5.92. The molecule has 1 saturated carbocycles. The number of carbonyl (C=O) groups excluding carboxylic acids is 1. The molecule has 0 spiro atoms. The van der Waals surface area contributed by atoms with Gasteiger partial charge in [0.05, 0.1) is 11.5 Å². The summed E-state index contributed by atoms with van der Waals surface area (Å²) < 4.78 is 31.7. The Balaban J connectivity index is 2.10. The lowest BCUT2D eigenvalue weighted by Crippen LogP contribution is -2.43. The summed E-state index contributed by atoms with van der Waals surface area (Å²) >= 11 is 0. The number of hydrogen-bond acceptors (Lipinski definition) is 5. The standard InChI is InChI=1S/C15H20N2O6S/c1-23-9-13(15(19)20)17-14(18)11-3-2-4-12(7-11)24(21,22)16-8-10-5-6-10/h2-4,7,10,13,16H,5-6,8-9H2,1H3,(H,17,18)(H,19,20). The van der Waals surface area contributed by atoms with Gasteiger partial charge in [-0.2, -0.15) is 0 Å². The van der Waals surface area contributed by atoms with E-state index in [2.05, 4.69) is 10.0 Å². The van der Waals surface area contributed by atoms with E-state index in [1.165, 1.54) is 31.4 Å². The number of carboxylic acid groups (broad SMARTS) is 1. The van der Waals surface area contributed by atoms with Crippen LogP contribution in [0.4, 0.5) is 0 Å². The maximum atomic E-state index is 12.2. The number of carboxylic acids is 1. The molecule has 132 valence electrons. The number of carbonyl (C=O) groups is 2. The summed E-state index contributed by atoms with van der Waals surface area (Å²) in [6, 6.07) is 4.25. The van der Waals surface area contributed by atoms with E-state index in [1.54, 1.807) is 0 Å². The Labute approximate surface area is 140 Å². The molecule has 0 saturated heterocycles. The molecule has 0 bridgehead atoms. The molecule has 1 aliphatic rings. The van der Waals surface area contributed by atoms with Crippen molar-refractivity contribution in [1.82, 2.24) is 10.0 Å². The molecule has 1 aromatic carbocycles. The Hall–Kier alpha value is -1.97. The quantitative estimate of drug-likeness (QED) is 0.581. The minimum Gasteiger partial charge on any atom is -0.480 e. The number of aliphatic carboxylic acids is 1. The van der Waals surface area contributed by atoms with Gasteiger partial charge in [-0.15, -0.1) is 0 Å². The van der Waals surface area contributed by atoms with Gasteiger partial charge in [-0.1, -0.05) is 6.07 Å². The molecule has 8 nitrogen and oxygen atoms in total. The normalized spacial score (nSPS) is 15.7. The number of rotatable bonds is 9. The molecule has 1 fully saturated rings. The Morgan fingerprint density at radius 3 is 2.67 bits per heavy atom. The molecule has 2 rings (SSSR count). The number of nitrogens with one attached hydrogen (secondary N) is 2. The smallest absolute Gasteiger partial charge is 0.328 e. The van der Waals surface area contributed by atoms with Crippen molar-refractivity contribution >= 4 is 21.9 Å². The van der Waals surface area contributed by atoms with Gasteiger partial charge < -0.3 is 15.2 Å². The summed E-state index contributed by atoms with van der Waals surface area (Å²) in [7, 11) is -2.38. The first-order chi connectivity index (χ1) is 11.3. The van der Waals surface area contributed by atoms with Crippen LogP contribution >= 0.6 is 0 Å². The van der Waals surface area contributed by atoms with Crippen LogP contribution in [0.5, 0.6) is 0 Å². The summed E-state index contributed by atoms with van der Waals surface area (Å²) in [5.41, 5.74) is 0.0617. The SMILES string of the molecule is COCC(NC(=O)c1cccc(S(=O)(=O)NCC2CC2)c1)C(=O)O. The van der Waals surface area contributed by atoms with Gasteiger partial charge in [0.1, 0.15) is 0 Å². The summed E-state index contributed by atoms with van der Waals surface area (Å²) in [5, 5.41) is 11.3. The van der Waals surface area contributed by atoms with Crippen LogP contribution in [-0.2, 0) is 19.6 Å².